The van der Waals surface area contributed by atoms with Gasteiger partial charge in [-0.25, -0.2) is 0 Å². The molecule has 0 saturated heterocycles. The fraction of sp³-hybridized carbons (Fsp3) is 0.526. The number of halogens is 3. The molecule has 1 aromatic carbocycles. The zero-order valence-corrected chi connectivity index (χ0v) is 15.8. The van der Waals surface area contributed by atoms with Gasteiger partial charge in [-0.2, -0.15) is 23.3 Å². The van der Waals surface area contributed by atoms with Gasteiger partial charge in [0.1, 0.15) is 0 Å². The molecule has 0 aromatic heterocycles. The van der Waals surface area contributed by atoms with Crippen molar-refractivity contribution < 1.29 is 27.9 Å². The van der Waals surface area contributed by atoms with Crippen LogP contribution in [0.5, 0.6) is 0 Å². The van der Waals surface area contributed by atoms with Crippen LogP contribution in [0.15, 0.2) is 35.4 Å². The Kier molecular flexibility index (Phi) is 6.82. The van der Waals surface area contributed by atoms with Crippen molar-refractivity contribution in [2.75, 3.05) is 6.54 Å². The zero-order valence-electron chi connectivity index (χ0n) is 15.8. The van der Waals surface area contributed by atoms with E-state index in [-0.39, 0.29) is 29.6 Å². The molecule has 0 spiro atoms. The lowest BCUT2D eigenvalue weighted by Crippen LogP contribution is -2.59. The maximum Gasteiger partial charge on any atom is 0.438 e. The maximum atomic E-state index is 13.4. The van der Waals surface area contributed by atoms with Crippen LogP contribution in [0.25, 0.3) is 0 Å². The molecule has 0 radical (unpaired) electrons. The van der Waals surface area contributed by atoms with Gasteiger partial charge in [-0.05, 0) is 30.7 Å². The number of hydrazone groups is 1. The number of alkyl halides is 3. The molecule has 2 N–H and O–H groups in total. The second-order valence-corrected chi connectivity index (χ2v) is 7.20. The standard InChI is InChI=1S/C19H24F3N3O3/c1-13(2)8-9-15-12-18(28,19(20,21)22)25(24-15)17(27)16(26)23-11-10-14-6-4-3-5-7-14/h3-7,13,28H,8-12H2,1-2H3,(H,23,26)/t18-/m1/s1. The van der Waals surface area contributed by atoms with Gasteiger partial charge in [-0.15, -0.1) is 0 Å². The third kappa shape index (κ3) is 5.09. The van der Waals surface area contributed by atoms with Crippen LogP contribution in [0.4, 0.5) is 13.2 Å². The van der Waals surface area contributed by atoms with Crippen molar-refractivity contribution in [3.8, 4) is 0 Å². The average molecular weight is 399 g/mol. The van der Waals surface area contributed by atoms with Crippen LogP contribution in [0, 0.1) is 5.92 Å². The van der Waals surface area contributed by atoms with E-state index >= 15 is 0 Å². The first-order valence-corrected chi connectivity index (χ1v) is 9.06. The van der Waals surface area contributed by atoms with Crippen LogP contribution in [-0.2, 0) is 16.0 Å². The van der Waals surface area contributed by atoms with Gasteiger partial charge in [0.15, 0.2) is 0 Å². The second-order valence-electron chi connectivity index (χ2n) is 7.20. The van der Waals surface area contributed by atoms with E-state index in [1.165, 1.54) is 0 Å². The third-order valence-corrected chi connectivity index (χ3v) is 4.44. The molecule has 0 saturated carbocycles. The Morgan fingerprint density at radius 2 is 1.89 bits per heavy atom. The van der Waals surface area contributed by atoms with Crippen LogP contribution in [0.2, 0.25) is 0 Å². The summed E-state index contributed by atoms with van der Waals surface area (Å²) < 4.78 is 40.2. The molecule has 2 rings (SSSR count). The highest BCUT2D eigenvalue weighted by atomic mass is 19.4. The molecule has 0 bridgehead atoms. The fourth-order valence-electron chi connectivity index (χ4n) is 2.78. The summed E-state index contributed by atoms with van der Waals surface area (Å²) in [5.74, 6) is -2.56. The molecule has 28 heavy (non-hydrogen) atoms. The lowest BCUT2D eigenvalue weighted by Gasteiger charge is -2.32. The van der Waals surface area contributed by atoms with E-state index in [1.807, 2.05) is 44.2 Å². The number of carbonyl (C=O) groups is 2. The first-order chi connectivity index (χ1) is 13.0. The topological polar surface area (TPSA) is 82.0 Å². The molecule has 1 heterocycles. The molecule has 0 fully saturated rings. The Balaban J connectivity index is 2.06. The highest BCUT2D eigenvalue weighted by Gasteiger charge is 2.63. The van der Waals surface area contributed by atoms with Gasteiger partial charge in [0.25, 0.3) is 5.72 Å². The number of nitrogens with zero attached hydrogens (tertiary/aromatic N) is 2. The molecule has 1 aromatic rings. The molecule has 6 nitrogen and oxygen atoms in total. The smallest absolute Gasteiger partial charge is 0.362 e. The average Bonchev–Trinajstić information content (AvgIpc) is 2.98. The van der Waals surface area contributed by atoms with E-state index in [1.54, 1.807) is 0 Å². The zero-order chi connectivity index (χ0) is 20.9. The third-order valence-electron chi connectivity index (χ3n) is 4.44. The van der Waals surface area contributed by atoms with Gasteiger partial charge in [0.05, 0.1) is 0 Å². The molecule has 154 valence electrons. The van der Waals surface area contributed by atoms with Crippen molar-refractivity contribution in [1.29, 1.82) is 0 Å². The minimum atomic E-state index is -5.14. The van der Waals surface area contributed by atoms with E-state index in [0.29, 0.717) is 12.8 Å². The largest absolute Gasteiger partial charge is 0.438 e. The summed E-state index contributed by atoms with van der Waals surface area (Å²) in [6.45, 7) is 3.86. The number of hydrogen-bond donors (Lipinski definition) is 2. The van der Waals surface area contributed by atoms with Crippen LogP contribution in [0.1, 0.15) is 38.7 Å². The van der Waals surface area contributed by atoms with Crippen LogP contribution in [0.3, 0.4) is 0 Å². The SMILES string of the molecule is CC(C)CCC1=NN(C(=O)C(=O)NCCc2ccccc2)[C@](O)(C(F)(F)F)C1. The summed E-state index contributed by atoms with van der Waals surface area (Å²) in [6.07, 6.45) is -4.83. The van der Waals surface area contributed by atoms with Crippen molar-refractivity contribution in [3.05, 3.63) is 35.9 Å². The number of aliphatic hydroxyl groups is 1. The van der Waals surface area contributed by atoms with Gasteiger partial charge in [-0.1, -0.05) is 44.2 Å². The van der Waals surface area contributed by atoms with Crippen molar-refractivity contribution in [2.45, 2.75) is 51.4 Å². The van der Waals surface area contributed by atoms with Gasteiger partial charge in [0, 0.05) is 18.7 Å². The highest BCUT2D eigenvalue weighted by Crippen LogP contribution is 2.41. The number of benzene rings is 1. The number of nitrogens with one attached hydrogen (secondary N) is 1. The monoisotopic (exact) mass is 399 g/mol. The van der Waals surface area contributed by atoms with Crippen molar-refractivity contribution in [2.24, 2.45) is 11.0 Å². The minimum absolute atomic E-state index is 0.0407. The Morgan fingerprint density at radius 1 is 1.25 bits per heavy atom. The molecule has 1 aliphatic heterocycles. The molecule has 9 heteroatoms. The van der Waals surface area contributed by atoms with E-state index in [2.05, 4.69) is 10.4 Å². The quantitative estimate of drug-likeness (QED) is 0.722. The predicted octanol–water partition coefficient (Wildman–Crippen LogP) is 2.62. The van der Waals surface area contributed by atoms with E-state index in [9.17, 15) is 27.9 Å². The molecular formula is C19H24F3N3O3. The summed E-state index contributed by atoms with van der Waals surface area (Å²) in [5.41, 5.74) is -2.57. The van der Waals surface area contributed by atoms with Crippen molar-refractivity contribution in [1.82, 2.24) is 10.3 Å². The first-order valence-electron chi connectivity index (χ1n) is 9.06. The van der Waals surface area contributed by atoms with E-state index in [0.717, 1.165) is 5.56 Å². The van der Waals surface area contributed by atoms with Gasteiger partial charge in [0.2, 0.25) is 0 Å². The van der Waals surface area contributed by atoms with E-state index < -0.39 is 30.1 Å². The normalized spacial score (nSPS) is 19.7. The molecule has 1 aliphatic rings. The van der Waals surface area contributed by atoms with E-state index in [4.69, 9.17) is 0 Å². The number of amides is 2. The first kappa shape index (κ1) is 21.9. The summed E-state index contributed by atoms with van der Waals surface area (Å²) in [4.78, 5) is 24.3. The van der Waals surface area contributed by atoms with Gasteiger partial charge >= 0.3 is 18.0 Å². The van der Waals surface area contributed by atoms with Gasteiger partial charge in [-0.3, -0.25) is 9.59 Å². The predicted molar refractivity (Wildman–Crippen MR) is 97.1 cm³/mol. The van der Waals surface area contributed by atoms with Crippen molar-refractivity contribution in [3.63, 3.8) is 0 Å². The number of rotatable bonds is 6. The van der Waals surface area contributed by atoms with Gasteiger partial charge < -0.3 is 10.4 Å². The Labute approximate surface area is 161 Å². The summed E-state index contributed by atoms with van der Waals surface area (Å²) in [5, 5.41) is 15.9. The lowest BCUT2D eigenvalue weighted by molar-refractivity contribution is -0.301. The Morgan fingerprint density at radius 3 is 2.46 bits per heavy atom. The summed E-state index contributed by atoms with van der Waals surface area (Å²) in [6, 6.07) is 9.09. The Hall–Kier alpha value is -2.42. The molecule has 0 unspecified atom stereocenters. The van der Waals surface area contributed by atoms with Crippen LogP contribution in [-0.4, -0.2) is 46.1 Å². The number of carbonyl (C=O) groups excluding carboxylic acids is 2. The molecule has 2 amide bonds. The summed E-state index contributed by atoms with van der Waals surface area (Å²) >= 11 is 0. The van der Waals surface area contributed by atoms with Crippen LogP contribution < -0.4 is 5.32 Å². The number of hydrogen-bond acceptors (Lipinski definition) is 4. The maximum absolute atomic E-state index is 13.4. The lowest BCUT2D eigenvalue weighted by atomic mass is 9.99. The molecular weight excluding hydrogens is 375 g/mol. The Bertz CT molecular complexity index is 735. The van der Waals surface area contributed by atoms with Crippen molar-refractivity contribution >= 4 is 17.5 Å². The molecule has 1 atom stereocenters. The van der Waals surface area contributed by atoms with Crippen LogP contribution >= 0.6 is 0 Å². The second kappa shape index (κ2) is 8.72. The fourth-order valence-corrected chi connectivity index (χ4v) is 2.78. The molecule has 0 aliphatic carbocycles. The minimum Gasteiger partial charge on any atom is -0.362 e. The summed E-state index contributed by atoms with van der Waals surface area (Å²) in [7, 11) is 0. The highest BCUT2D eigenvalue weighted by molar-refractivity contribution is 6.35.